The minimum atomic E-state index is -0.856. The molecule has 0 aromatic heterocycles. The molecule has 1 saturated carbocycles. The zero-order valence-electron chi connectivity index (χ0n) is 17.5. The number of carbonyl (C=O) groups excluding carboxylic acids is 3. The Labute approximate surface area is 178 Å². The Hall–Kier alpha value is -2.75. The van der Waals surface area contributed by atoms with Crippen molar-refractivity contribution >= 4 is 23.3 Å². The topological polar surface area (TPSA) is 54.5 Å². The van der Waals surface area contributed by atoms with Gasteiger partial charge in [-0.1, -0.05) is 62.6 Å². The van der Waals surface area contributed by atoms with Crippen LogP contribution in [0.4, 0.5) is 5.69 Å². The Bertz CT molecular complexity index is 928. The highest BCUT2D eigenvalue weighted by molar-refractivity contribution is 6.31. The number of para-hydroxylation sites is 1. The standard InChI is InChI=1S/C26H29NO3/c1-2-3-9-18-14-16-19(17-15-18)24(28)23-21-12-7-8-13-22(21)27(26(23)30)25(29)20-10-5-4-6-11-20/h4-8,10-13,18-19,23H,2-3,9,14-17H2,1H3. The molecule has 1 aliphatic carbocycles. The van der Waals surface area contributed by atoms with Gasteiger partial charge in [0, 0.05) is 11.5 Å². The average Bonchev–Trinajstić information content (AvgIpc) is 3.09. The van der Waals surface area contributed by atoms with E-state index in [0.717, 1.165) is 25.7 Å². The SMILES string of the molecule is CCCCC1CCC(C(=O)C2C(=O)N(C(=O)c3ccccc3)c3ccccc32)CC1. The lowest BCUT2D eigenvalue weighted by atomic mass is 9.75. The zero-order chi connectivity index (χ0) is 21.1. The van der Waals surface area contributed by atoms with Crippen LogP contribution < -0.4 is 4.90 Å². The summed E-state index contributed by atoms with van der Waals surface area (Å²) in [7, 11) is 0. The molecule has 4 heteroatoms. The summed E-state index contributed by atoms with van der Waals surface area (Å²) in [6.45, 7) is 2.21. The summed E-state index contributed by atoms with van der Waals surface area (Å²) < 4.78 is 0. The molecule has 0 saturated heterocycles. The normalized spacial score (nSPS) is 23.3. The first-order valence-corrected chi connectivity index (χ1v) is 11.2. The van der Waals surface area contributed by atoms with Crippen LogP contribution in [-0.4, -0.2) is 17.6 Å². The minimum Gasteiger partial charge on any atom is -0.298 e. The lowest BCUT2D eigenvalue weighted by Gasteiger charge is -2.29. The zero-order valence-corrected chi connectivity index (χ0v) is 17.5. The quantitative estimate of drug-likeness (QED) is 0.471. The van der Waals surface area contributed by atoms with Crippen molar-refractivity contribution in [1.29, 1.82) is 0 Å². The van der Waals surface area contributed by atoms with Gasteiger partial charge in [0.25, 0.3) is 5.91 Å². The second-order valence-corrected chi connectivity index (χ2v) is 8.60. The molecule has 0 bridgehead atoms. The Morgan fingerprint density at radius 3 is 2.30 bits per heavy atom. The molecule has 4 rings (SSSR count). The summed E-state index contributed by atoms with van der Waals surface area (Å²) in [6, 6.07) is 16.0. The Kier molecular flexibility index (Phi) is 6.12. The maximum atomic E-state index is 13.4. The molecule has 2 aliphatic rings. The summed E-state index contributed by atoms with van der Waals surface area (Å²) in [5.74, 6) is -1.01. The fourth-order valence-electron chi connectivity index (χ4n) is 4.97. The van der Waals surface area contributed by atoms with Gasteiger partial charge in [0.2, 0.25) is 5.91 Å². The molecule has 0 N–H and O–H groups in total. The Morgan fingerprint density at radius 2 is 1.60 bits per heavy atom. The van der Waals surface area contributed by atoms with Crippen LogP contribution in [0, 0.1) is 11.8 Å². The smallest absolute Gasteiger partial charge is 0.265 e. The first kappa shape index (κ1) is 20.5. The van der Waals surface area contributed by atoms with Crippen LogP contribution in [0.2, 0.25) is 0 Å². The number of carbonyl (C=O) groups is 3. The third kappa shape index (κ3) is 3.83. The maximum Gasteiger partial charge on any atom is 0.265 e. The summed E-state index contributed by atoms with van der Waals surface area (Å²) in [5.41, 5.74) is 1.67. The van der Waals surface area contributed by atoms with E-state index >= 15 is 0 Å². The number of hydrogen-bond acceptors (Lipinski definition) is 3. The summed E-state index contributed by atoms with van der Waals surface area (Å²) >= 11 is 0. The monoisotopic (exact) mass is 403 g/mol. The molecule has 156 valence electrons. The van der Waals surface area contributed by atoms with Gasteiger partial charge in [-0.05, 0) is 55.4 Å². The molecule has 4 nitrogen and oxygen atoms in total. The largest absolute Gasteiger partial charge is 0.298 e. The van der Waals surface area contributed by atoms with E-state index in [9.17, 15) is 14.4 Å². The van der Waals surface area contributed by atoms with E-state index in [4.69, 9.17) is 0 Å². The number of hydrogen-bond donors (Lipinski definition) is 0. The van der Waals surface area contributed by atoms with E-state index in [-0.39, 0.29) is 17.6 Å². The fraction of sp³-hybridized carbons (Fsp3) is 0.423. The number of imide groups is 1. The van der Waals surface area contributed by atoms with E-state index in [0.29, 0.717) is 22.7 Å². The van der Waals surface area contributed by atoms with E-state index in [1.54, 1.807) is 30.3 Å². The van der Waals surface area contributed by atoms with Crippen molar-refractivity contribution in [2.75, 3.05) is 4.90 Å². The van der Waals surface area contributed by atoms with E-state index in [2.05, 4.69) is 6.92 Å². The maximum absolute atomic E-state index is 13.4. The Morgan fingerprint density at radius 1 is 0.933 bits per heavy atom. The second-order valence-electron chi connectivity index (χ2n) is 8.60. The number of benzene rings is 2. The van der Waals surface area contributed by atoms with Gasteiger partial charge in [-0.25, -0.2) is 4.90 Å². The predicted octanol–water partition coefficient (Wildman–Crippen LogP) is 5.52. The van der Waals surface area contributed by atoms with Crippen molar-refractivity contribution in [2.45, 2.75) is 57.8 Å². The van der Waals surface area contributed by atoms with Gasteiger partial charge in [0.05, 0.1) is 5.69 Å². The van der Waals surface area contributed by atoms with Crippen LogP contribution in [0.3, 0.4) is 0 Å². The highest BCUT2D eigenvalue weighted by atomic mass is 16.2. The number of Topliss-reactive ketones (excluding diaryl/α,β-unsaturated/α-hetero) is 1. The van der Waals surface area contributed by atoms with Crippen molar-refractivity contribution in [3.63, 3.8) is 0 Å². The van der Waals surface area contributed by atoms with Crippen molar-refractivity contribution in [3.8, 4) is 0 Å². The lowest BCUT2D eigenvalue weighted by molar-refractivity contribution is -0.131. The highest BCUT2D eigenvalue weighted by Gasteiger charge is 2.46. The van der Waals surface area contributed by atoms with Gasteiger partial charge < -0.3 is 0 Å². The van der Waals surface area contributed by atoms with Gasteiger partial charge in [0.15, 0.2) is 5.78 Å². The average molecular weight is 404 g/mol. The van der Waals surface area contributed by atoms with Gasteiger partial charge in [0.1, 0.15) is 5.92 Å². The molecule has 1 unspecified atom stereocenters. The number of amides is 2. The molecule has 1 fully saturated rings. The number of anilines is 1. The molecule has 2 aromatic carbocycles. The number of ketones is 1. The predicted molar refractivity (Wildman–Crippen MR) is 117 cm³/mol. The fourth-order valence-corrected chi connectivity index (χ4v) is 4.97. The molecule has 30 heavy (non-hydrogen) atoms. The third-order valence-corrected chi connectivity index (χ3v) is 6.68. The summed E-state index contributed by atoms with van der Waals surface area (Å²) in [4.78, 5) is 41.1. The molecule has 0 spiro atoms. The first-order valence-electron chi connectivity index (χ1n) is 11.2. The van der Waals surface area contributed by atoms with Crippen molar-refractivity contribution in [3.05, 3.63) is 65.7 Å². The first-order chi connectivity index (χ1) is 14.6. The molecule has 2 amide bonds. The number of unbranched alkanes of at least 4 members (excludes halogenated alkanes) is 1. The van der Waals surface area contributed by atoms with Crippen LogP contribution >= 0.6 is 0 Å². The van der Waals surface area contributed by atoms with Crippen LogP contribution in [0.15, 0.2) is 54.6 Å². The van der Waals surface area contributed by atoms with E-state index < -0.39 is 11.8 Å². The molecule has 1 heterocycles. The summed E-state index contributed by atoms with van der Waals surface area (Å²) in [6.07, 6.45) is 7.52. The molecule has 1 aliphatic heterocycles. The van der Waals surface area contributed by atoms with Gasteiger partial charge in [-0.2, -0.15) is 0 Å². The van der Waals surface area contributed by atoms with Crippen LogP contribution in [0.25, 0.3) is 0 Å². The van der Waals surface area contributed by atoms with Crippen LogP contribution in [0.5, 0.6) is 0 Å². The van der Waals surface area contributed by atoms with Crippen LogP contribution in [-0.2, 0) is 9.59 Å². The van der Waals surface area contributed by atoms with Crippen molar-refractivity contribution in [2.24, 2.45) is 11.8 Å². The van der Waals surface area contributed by atoms with Crippen LogP contribution in [0.1, 0.15) is 73.7 Å². The van der Waals surface area contributed by atoms with Gasteiger partial charge >= 0.3 is 0 Å². The third-order valence-electron chi connectivity index (χ3n) is 6.68. The molecule has 1 atom stereocenters. The number of rotatable bonds is 6. The van der Waals surface area contributed by atoms with Crippen molar-refractivity contribution < 1.29 is 14.4 Å². The lowest BCUT2D eigenvalue weighted by Crippen LogP contribution is -2.38. The molecular weight excluding hydrogens is 374 g/mol. The summed E-state index contributed by atoms with van der Waals surface area (Å²) in [5, 5.41) is 0. The van der Waals surface area contributed by atoms with Gasteiger partial charge in [-0.15, -0.1) is 0 Å². The Balaban J connectivity index is 1.55. The second kappa shape index (κ2) is 8.95. The van der Waals surface area contributed by atoms with Gasteiger partial charge in [-0.3, -0.25) is 14.4 Å². The van der Waals surface area contributed by atoms with E-state index in [1.165, 1.54) is 24.2 Å². The minimum absolute atomic E-state index is 0.00949. The molecular formula is C26H29NO3. The molecule has 2 aromatic rings. The number of fused-ring (bicyclic) bond motifs is 1. The van der Waals surface area contributed by atoms with Crippen molar-refractivity contribution in [1.82, 2.24) is 0 Å². The number of nitrogens with zero attached hydrogens (tertiary/aromatic N) is 1. The van der Waals surface area contributed by atoms with E-state index in [1.807, 2.05) is 24.3 Å². The molecule has 0 radical (unpaired) electrons. The highest BCUT2D eigenvalue weighted by Crippen LogP contribution is 2.42.